The number of nitrogens with zero attached hydrogens (tertiary/aromatic N) is 5. The highest BCUT2D eigenvalue weighted by Gasteiger charge is 2.21. The van der Waals surface area contributed by atoms with Gasteiger partial charge in [0.05, 0.1) is 30.8 Å². The molecule has 47 heavy (non-hydrogen) atoms. The number of rotatable bonds is 13. The van der Waals surface area contributed by atoms with Gasteiger partial charge in [-0.05, 0) is 59.9 Å². The number of amides is 1. The molecule has 0 unspecified atom stereocenters. The lowest BCUT2D eigenvalue weighted by atomic mass is 10.1. The minimum atomic E-state index is -0.137. The molecule has 242 valence electrons. The summed E-state index contributed by atoms with van der Waals surface area (Å²) in [5.74, 6) is 1.51. The van der Waals surface area contributed by atoms with Gasteiger partial charge >= 0.3 is 0 Å². The third kappa shape index (κ3) is 7.91. The number of nitrogen functional groups attached to an aromatic ring is 1. The van der Waals surface area contributed by atoms with Gasteiger partial charge in [0.1, 0.15) is 17.5 Å². The van der Waals surface area contributed by atoms with Gasteiger partial charge in [0.25, 0.3) is 5.91 Å². The minimum Gasteiger partial charge on any atom is -0.384 e. The monoisotopic (exact) mass is 630 g/mol. The highest BCUT2D eigenvalue weighted by atomic mass is 16.5. The van der Waals surface area contributed by atoms with E-state index in [2.05, 4.69) is 14.5 Å². The molecule has 3 heterocycles. The maximum Gasteiger partial charge on any atom is 0.259 e. The van der Waals surface area contributed by atoms with Crippen LogP contribution < -0.4 is 16.4 Å². The third-order valence-electron chi connectivity index (χ3n) is 8.71. The van der Waals surface area contributed by atoms with Gasteiger partial charge in [-0.3, -0.25) is 20.0 Å². The molecule has 10 nitrogen and oxygen atoms in total. The van der Waals surface area contributed by atoms with E-state index in [9.17, 15) is 4.79 Å². The molecule has 1 saturated heterocycles. The summed E-state index contributed by atoms with van der Waals surface area (Å²) in [4.78, 5) is 27.9. The third-order valence-corrected chi connectivity index (χ3v) is 8.71. The predicted octanol–water partition coefficient (Wildman–Crippen LogP) is 4.53. The Labute approximate surface area is 275 Å². The first kappa shape index (κ1) is 32.1. The zero-order valence-electron chi connectivity index (χ0n) is 26.6. The Morgan fingerprint density at radius 3 is 2.30 bits per heavy atom. The van der Waals surface area contributed by atoms with Crippen LogP contribution in [0.15, 0.2) is 91.1 Å². The number of aromatic nitrogens is 3. The molecule has 1 amide bonds. The van der Waals surface area contributed by atoms with Crippen molar-refractivity contribution >= 4 is 28.6 Å². The van der Waals surface area contributed by atoms with E-state index in [4.69, 9.17) is 26.6 Å². The molecule has 3 aromatic carbocycles. The molecule has 0 bridgehead atoms. The highest BCUT2D eigenvalue weighted by Crippen LogP contribution is 2.24. The van der Waals surface area contributed by atoms with E-state index in [-0.39, 0.29) is 11.7 Å². The molecule has 5 N–H and O–H groups in total. The Morgan fingerprint density at radius 1 is 0.872 bits per heavy atom. The largest absolute Gasteiger partial charge is 0.384 e. The van der Waals surface area contributed by atoms with Crippen molar-refractivity contribution in [3.63, 3.8) is 0 Å². The topological polar surface area (TPSA) is 139 Å². The molecular weight excluding hydrogens is 588 g/mol. The molecule has 1 aliphatic heterocycles. The SMILES string of the molecule is N=C(N)c1ccc(CCc2nc3cc(C(=O)N(Cc4ccc(CN)cc4)c4ccccn4)ccc3n2CCCN2CCOCC2)cc1. The van der Waals surface area contributed by atoms with Gasteiger partial charge in [0.2, 0.25) is 0 Å². The fourth-order valence-electron chi connectivity index (χ4n) is 6.03. The van der Waals surface area contributed by atoms with Gasteiger partial charge in [-0.1, -0.05) is 54.6 Å². The number of ether oxygens (including phenoxy) is 1. The van der Waals surface area contributed by atoms with Gasteiger partial charge in [0.15, 0.2) is 0 Å². The number of pyridine rings is 1. The zero-order valence-corrected chi connectivity index (χ0v) is 26.6. The number of carbonyl (C=O) groups excluding carboxylic acids is 1. The second-order valence-corrected chi connectivity index (χ2v) is 11.9. The van der Waals surface area contributed by atoms with Crippen LogP contribution in [-0.4, -0.2) is 64.0 Å². The molecule has 0 spiro atoms. The van der Waals surface area contributed by atoms with Crippen LogP contribution in [0.25, 0.3) is 11.0 Å². The summed E-state index contributed by atoms with van der Waals surface area (Å²) >= 11 is 0. The number of benzene rings is 3. The van der Waals surface area contributed by atoms with Crippen LogP contribution in [0.1, 0.15) is 44.9 Å². The Hall–Kier alpha value is -4.90. The predicted molar refractivity (Wildman–Crippen MR) is 186 cm³/mol. The smallest absolute Gasteiger partial charge is 0.259 e. The standard InChI is InChI=1S/C37H42N8O2/c38-25-28-5-7-29(8-6-28)26-45(34-4-1-2-17-41-34)37(46)31-14-15-33-32(24-31)42-35(16-11-27-9-12-30(13-10-27)36(39)40)44(33)19-3-18-43-20-22-47-23-21-43/h1-2,4-10,12-15,17,24H,3,11,16,18-23,25-26,38H2,(H3,39,40). The van der Waals surface area contributed by atoms with Crippen LogP contribution in [0.5, 0.6) is 0 Å². The van der Waals surface area contributed by atoms with Crippen LogP contribution in [-0.2, 0) is 37.2 Å². The molecule has 0 atom stereocenters. The molecule has 1 fully saturated rings. The molecule has 0 aliphatic carbocycles. The zero-order chi connectivity index (χ0) is 32.6. The number of aryl methyl sites for hydroxylation is 3. The van der Waals surface area contributed by atoms with Crippen molar-refractivity contribution in [1.82, 2.24) is 19.4 Å². The van der Waals surface area contributed by atoms with Gasteiger partial charge in [0, 0.05) is 56.5 Å². The number of morpholine rings is 1. The highest BCUT2D eigenvalue weighted by molar-refractivity contribution is 6.07. The number of hydrogen-bond acceptors (Lipinski definition) is 7. The second-order valence-electron chi connectivity index (χ2n) is 11.9. The minimum absolute atomic E-state index is 0.0649. The van der Waals surface area contributed by atoms with Crippen LogP contribution in [0.4, 0.5) is 5.82 Å². The summed E-state index contributed by atoms with van der Waals surface area (Å²) in [6, 6.07) is 27.3. The second kappa shape index (κ2) is 15.1. The summed E-state index contributed by atoms with van der Waals surface area (Å²) in [6.07, 6.45) is 4.23. The first-order valence-electron chi connectivity index (χ1n) is 16.2. The summed E-state index contributed by atoms with van der Waals surface area (Å²) in [5, 5.41) is 7.68. The quantitative estimate of drug-likeness (QED) is 0.128. The number of carbonyl (C=O) groups is 1. The first-order valence-corrected chi connectivity index (χ1v) is 16.2. The molecule has 10 heteroatoms. The molecule has 5 aromatic rings. The fourth-order valence-corrected chi connectivity index (χ4v) is 6.03. The van der Waals surface area contributed by atoms with E-state index in [1.807, 2.05) is 84.9 Å². The van der Waals surface area contributed by atoms with Crippen LogP contribution in [0.3, 0.4) is 0 Å². The van der Waals surface area contributed by atoms with Gasteiger partial charge in [-0.2, -0.15) is 0 Å². The fraction of sp³-hybridized carbons (Fsp3) is 0.297. The van der Waals surface area contributed by atoms with E-state index in [0.717, 1.165) is 92.2 Å². The maximum absolute atomic E-state index is 14.1. The lowest BCUT2D eigenvalue weighted by Crippen LogP contribution is -2.37. The van der Waals surface area contributed by atoms with Gasteiger partial charge < -0.3 is 20.8 Å². The molecule has 2 aromatic heterocycles. The Morgan fingerprint density at radius 2 is 1.60 bits per heavy atom. The van der Waals surface area contributed by atoms with Crippen molar-refractivity contribution in [1.29, 1.82) is 5.41 Å². The lowest BCUT2D eigenvalue weighted by Gasteiger charge is -2.26. The molecular formula is C37H42N8O2. The van der Waals surface area contributed by atoms with E-state index in [0.29, 0.717) is 30.0 Å². The van der Waals surface area contributed by atoms with E-state index in [1.165, 1.54) is 0 Å². The summed E-state index contributed by atoms with van der Waals surface area (Å²) < 4.78 is 7.84. The summed E-state index contributed by atoms with van der Waals surface area (Å²) in [6.45, 7) is 6.17. The van der Waals surface area contributed by atoms with Crippen LogP contribution >= 0.6 is 0 Å². The normalized spacial score (nSPS) is 13.6. The lowest BCUT2D eigenvalue weighted by molar-refractivity contribution is 0.0369. The number of hydrogen-bond donors (Lipinski definition) is 3. The van der Waals surface area contributed by atoms with Gasteiger partial charge in [-0.15, -0.1) is 0 Å². The van der Waals surface area contributed by atoms with E-state index >= 15 is 0 Å². The van der Waals surface area contributed by atoms with Crippen molar-refractivity contribution in [3.05, 3.63) is 125 Å². The number of fused-ring (bicyclic) bond motifs is 1. The van der Waals surface area contributed by atoms with E-state index in [1.54, 1.807) is 11.1 Å². The number of nitrogens with one attached hydrogen (secondary N) is 1. The number of imidazole rings is 1. The van der Waals surface area contributed by atoms with Crippen molar-refractivity contribution in [3.8, 4) is 0 Å². The number of amidine groups is 1. The molecule has 6 rings (SSSR count). The Bertz CT molecular complexity index is 1800. The van der Waals surface area contributed by atoms with Gasteiger partial charge in [-0.25, -0.2) is 9.97 Å². The van der Waals surface area contributed by atoms with Crippen molar-refractivity contribution in [2.24, 2.45) is 11.5 Å². The van der Waals surface area contributed by atoms with E-state index < -0.39 is 0 Å². The Balaban J connectivity index is 1.27. The number of anilines is 1. The molecule has 1 aliphatic rings. The van der Waals surface area contributed by atoms with Crippen molar-refractivity contribution in [2.75, 3.05) is 37.7 Å². The number of nitrogens with two attached hydrogens (primary N) is 2. The summed E-state index contributed by atoms with van der Waals surface area (Å²) in [5.41, 5.74) is 17.7. The van der Waals surface area contributed by atoms with Crippen LogP contribution in [0, 0.1) is 5.41 Å². The molecule has 0 saturated carbocycles. The average molecular weight is 631 g/mol. The maximum atomic E-state index is 14.1. The Kier molecular flexibility index (Phi) is 10.3. The van der Waals surface area contributed by atoms with Crippen molar-refractivity contribution < 1.29 is 9.53 Å². The van der Waals surface area contributed by atoms with Crippen LogP contribution in [0.2, 0.25) is 0 Å². The van der Waals surface area contributed by atoms with Crippen molar-refractivity contribution in [2.45, 2.75) is 38.9 Å². The molecule has 0 radical (unpaired) electrons. The first-order chi connectivity index (χ1) is 23.0. The average Bonchev–Trinajstić information content (AvgIpc) is 3.47. The summed E-state index contributed by atoms with van der Waals surface area (Å²) in [7, 11) is 0.